The number of carboxylic acid groups (broad SMARTS) is 1. The van der Waals surface area contributed by atoms with Gasteiger partial charge in [-0.2, -0.15) is 5.26 Å². The maximum atomic E-state index is 10.9. The zero-order valence-corrected chi connectivity index (χ0v) is 11.8. The summed E-state index contributed by atoms with van der Waals surface area (Å²) < 4.78 is 0.937. The first kappa shape index (κ1) is 14.0. The average molecular weight is 329 g/mol. The molecule has 2 rings (SSSR count). The van der Waals surface area contributed by atoms with Gasteiger partial charge in [-0.25, -0.2) is 9.78 Å². The largest absolute Gasteiger partial charge is 0.477 e. The molecule has 0 bridgehead atoms. The molecule has 0 saturated heterocycles. The van der Waals surface area contributed by atoms with Crippen LogP contribution in [0.3, 0.4) is 0 Å². The molecule has 1 aromatic heterocycles. The molecule has 1 heterocycles. The van der Waals surface area contributed by atoms with Crippen LogP contribution in [0.25, 0.3) is 12.2 Å². The van der Waals surface area contributed by atoms with Crippen molar-refractivity contribution in [1.82, 2.24) is 4.98 Å². The fourth-order valence-corrected chi connectivity index (χ4v) is 2.02. The van der Waals surface area contributed by atoms with Crippen molar-refractivity contribution in [2.45, 2.75) is 0 Å². The van der Waals surface area contributed by atoms with E-state index in [4.69, 9.17) is 10.4 Å². The van der Waals surface area contributed by atoms with E-state index in [1.54, 1.807) is 12.2 Å². The van der Waals surface area contributed by atoms with Crippen LogP contribution in [0.5, 0.6) is 0 Å². The van der Waals surface area contributed by atoms with Crippen molar-refractivity contribution in [3.63, 3.8) is 0 Å². The third-order valence-electron chi connectivity index (χ3n) is 2.55. The first-order chi connectivity index (χ1) is 9.60. The lowest BCUT2D eigenvalue weighted by molar-refractivity contribution is 0.0690. The summed E-state index contributed by atoms with van der Waals surface area (Å²) in [4.78, 5) is 14.9. The zero-order valence-electron chi connectivity index (χ0n) is 10.2. The standard InChI is InChI=1S/C15H9BrN2O2/c16-12-3-1-2-10(8-12)4-6-13-11(9-17)5-7-14(18-13)15(19)20/h1-8H,(H,19,20)/b6-4+. The Morgan fingerprint density at radius 1 is 1.30 bits per heavy atom. The van der Waals surface area contributed by atoms with E-state index in [2.05, 4.69) is 20.9 Å². The molecular weight excluding hydrogens is 320 g/mol. The van der Waals surface area contributed by atoms with Crippen LogP contribution in [0.4, 0.5) is 0 Å². The molecule has 0 amide bonds. The highest BCUT2D eigenvalue weighted by molar-refractivity contribution is 9.10. The van der Waals surface area contributed by atoms with E-state index in [-0.39, 0.29) is 5.69 Å². The lowest BCUT2D eigenvalue weighted by Crippen LogP contribution is -2.02. The summed E-state index contributed by atoms with van der Waals surface area (Å²) in [5.41, 5.74) is 1.51. The number of aromatic nitrogens is 1. The van der Waals surface area contributed by atoms with Crippen molar-refractivity contribution >= 4 is 34.1 Å². The fourth-order valence-electron chi connectivity index (χ4n) is 1.60. The minimum absolute atomic E-state index is 0.0853. The molecule has 20 heavy (non-hydrogen) atoms. The summed E-state index contributed by atoms with van der Waals surface area (Å²) in [7, 11) is 0. The number of hydrogen-bond acceptors (Lipinski definition) is 3. The van der Waals surface area contributed by atoms with Crippen molar-refractivity contribution in [2.75, 3.05) is 0 Å². The number of aromatic carboxylic acids is 1. The fraction of sp³-hybridized carbons (Fsp3) is 0. The summed E-state index contributed by atoms with van der Waals surface area (Å²) in [6.45, 7) is 0. The molecule has 2 aromatic rings. The number of benzene rings is 1. The van der Waals surface area contributed by atoms with Crippen molar-refractivity contribution in [3.05, 3.63) is 63.4 Å². The molecule has 1 aromatic carbocycles. The van der Waals surface area contributed by atoms with Crippen LogP contribution in [0, 0.1) is 11.3 Å². The minimum atomic E-state index is -1.12. The van der Waals surface area contributed by atoms with Gasteiger partial charge >= 0.3 is 5.97 Å². The molecule has 0 aliphatic carbocycles. The monoisotopic (exact) mass is 328 g/mol. The molecule has 0 aliphatic rings. The predicted octanol–water partition coefficient (Wildman–Crippen LogP) is 3.58. The van der Waals surface area contributed by atoms with E-state index in [0.717, 1.165) is 10.0 Å². The summed E-state index contributed by atoms with van der Waals surface area (Å²) in [5.74, 6) is -1.12. The van der Waals surface area contributed by atoms with Gasteiger partial charge in [0.15, 0.2) is 0 Å². The molecule has 0 saturated carbocycles. The van der Waals surface area contributed by atoms with Gasteiger partial charge in [-0.15, -0.1) is 0 Å². The highest BCUT2D eigenvalue weighted by Crippen LogP contribution is 2.15. The van der Waals surface area contributed by atoms with Gasteiger partial charge in [0.05, 0.1) is 11.3 Å². The van der Waals surface area contributed by atoms with Gasteiger partial charge in [-0.05, 0) is 35.9 Å². The van der Waals surface area contributed by atoms with Crippen LogP contribution in [0.1, 0.15) is 27.3 Å². The second-order valence-corrected chi connectivity index (χ2v) is 4.85. The number of halogens is 1. The highest BCUT2D eigenvalue weighted by atomic mass is 79.9. The Kier molecular flexibility index (Phi) is 4.28. The number of nitriles is 1. The summed E-state index contributed by atoms with van der Waals surface area (Å²) in [5, 5.41) is 17.9. The third-order valence-corrected chi connectivity index (χ3v) is 3.04. The number of nitrogens with zero attached hydrogens (tertiary/aromatic N) is 2. The Balaban J connectivity index is 2.39. The highest BCUT2D eigenvalue weighted by Gasteiger charge is 2.08. The van der Waals surface area contributed by atoms with Crippen molar-refractivity contribution < 1.29 is 9.90 Å². The first-order valence-corrected chi connectivity index (χ1v) is 6.47. The van der Waals surface area contributed by atoms with Gasteiger partial charge in [0.2, 0.25) is 0 Å². The Morgan fingerprint density at radius 2 is 2.10 bits per heavy atom. The molecule has 0 aliphatic heterocycles. The van der Waals surface area contributed by atoms with Crippen molar-refractivity contribution in [1.29, 1.82) is 5.26 Å². The molecule has 4 nitrogen and oxygen atoms in total. The van der Waals surface area contributed by atoms with E-state index >= 15 is 0 Å². The van der Waals surface area contributed by atoms with Gasteiger partial charge in [-0.1, -0.05) is 34.1 Å². The molecule has 0 fully saturated rings. The Labute approximate surface area is 124 Å². The molecule has 0 unspecified atom stereocenters. The zero-order chi connectivity index (χ0) is 14.5. The van der Waals surface area contributed by atoms with E-state index in [9.17, 15) is 4.79 Å². The molecule has 0 radical (unpaired) electrons. The smallest absolute Gasteiger partial charge is 0.354 e. The third kappa shape index (κ3) is 3.31. The van der Waals surface area contributed by atoms with Crippen LogP contribution in [0.15, 0.2) is 40.9 Å². The average Bonchev–Trinajstić information content (AvgIpc) is 2.44. The van der Waals surface area contributed by atoms with E-state index in [1.165, 1.54) is 12.1 Å². The quantitative estimate of drug-likeness (QED) is 0.934. The van der Waals surface area contributed by atoms with Gasteiger partial charge in [0.25, 0.3) is 0 Å². The molecule has 0 atom stereocenters. The minimum Gasteiger partial charge on any atom is -0.477 e. The molecule has 5 heteroatoms. The van der Waals surface area contributed by atoms with Gasteiger partial charge in [0, 0.05) is 4.47 Å². The topological polar surface area (TPSA) is 74.0 Å². The van der Waals surface area contributed by atoms with E-state index in [1.807, 2.05) is 30.3 Å². The lowest BCUT2D eigenvalue weighted by Gasteiger charge is -2.00. The van der Waals surface area contributed by atoms with Crippen LogP contribution in [-0.2, 0) is 0 Å². The maximum absolute atomic E-state index is 10.9. The van der Waals surface area contributed by atoms with Crippen molar-refractivity contribution in [3.8, 4) is 6.07 Å². The van der Waals surface area contributed by atoms with Crippen LogP contribution < -0.4 is 0 Å². The van der Waals surface area contributed by atoms with Crippen LogP contribution in [-0.4, -0.2) is 16.1 Å². The summed E-state index contributed by atoms with van der Waals surface area (Å²) in [6, 6.07) is 12.4. The Hall–Kier alpha value is -2.45. The SMILES string of the molecule is N#Cc1ccc(C(=O)O)nc1/C=C/c1cccc(Br)c1. The second kappa shape index (κ2) is 6.13. The van der Waals surface area contributed by atoms with E-state index < -0.39 is 5.97 Å². The molecule has 0 spiro atoms. The predicted molar refractivity (Wildman–Crippen MR) is 79.0 cm³/mol. The lowest BCUT2D eigenvalue weighted by atomic mass is 10.1. The second-order valence-electron chi connectivity index (χ2n) is 3.93. The van der Waals surface area contributed by atoms with Crippen molar-refractivity contribution in [2.24, 2.45) is 0 Å². The van der Waals surface area contributed by atoms with E-state index in [0.29, 0.717) is 11.3 Å². The number of hydrogen-bond donors (Lipinski definition) is 1. The van der Waals surface area contributed by atoms with Gasteiger partial charge in [0.1, 0.15) is 11.8 Å². The Bertz CT molecular complexity index is 733. The Morgan fingerprint density at radius 3 is 2.75 bits per heavy atom. The molecule has 98 valence electrons. The van der Waals surface area contributed by atoms with Gasteiger partial charge in [-0.3, -0.25) is 0 Å². The molecular formula is C15H9BrN2O2. The number of carbonyl (C=O) groups is 1. The number of rotatable bonds is 3. The number of pyridine rings is 1. The first-order valence-electron chi connectivity index (χ1n) is 5.68. The number of carboxylic acids is 1. The normalized spacial score (nSPS) is 10.4. The van der Waals surface area contributed by atoms with Crippen LogP contribution >= 0.6 is 15.9 Å². The summed E-state index contributed by atoms with van der Waals surface area (Å²) >= 11 is 3.37. The maximum Gasteiger partial charge on any atom is 0.354 e. The van der Waals surface area contributed by atoms with Gasteiger partial charge < -0.3 is 5.11 Å². The molecule has 1 N–H and O–H groups in total. The van der Waals surface area contributed by atoms with Crippen LogP contribution in [0.2, 0.25) is 0 Å². The summed E-state index contributed by atoms with van der Waals surface area (Å²) in [6.07, 6.45) is 3.41.